The van der Waals surface area contributed by atoms with Gasteiger partial charge < -0.3 is 9.84 Å². The van der Waals surface area contributed by atoms with Gasteiger partial charge in [-0.25, -0.2) is 0 Å². The molecule has 0 bridgehead atoms. The Morgan fingerprint density at radius 1 is 1.44 bits per heavy atom. The summed E-state index contributed by atoms with van der Waals surface area (Å²) in [7, 11) is 1.57. The molecule has 2 aromatic rings. The van der Waals surface area contributed by atoms with Crippen LogP contribution in [0.1, 0.15) is 6.92 Å². The Morgan fingerprint density at radius 2 is 2.25 bits per heavy atom. The Balaban J connectivity index is 2.40. The summed E-state index contributed by atoms with van der Waals surface area (Å²) in [5.41, 5.74) is 1.67. The van der Waals surface area contributed by atoms with Gasteiger partial charge in [0, 0.05) is 29.9 Å². The van der Waals surface area contributed by atoms with Gasteiger partial charge in [-0.2, -0.15) is 5.10 Å². The van der Waals surface area contributed by atoms with E-state index in [1.54, 1.807) is 19.4 Å². The van der Waals surface area contributed by atoms with E-state index in [1.165, 1.54) is 0 Å². The van der Waals surface area contributed by atoms with Gasteiger partial charge in [0.1, 0.15) is 11.5 Å². The first kappa shape index (κ1) is 10.5. The fourth-order valence-corrected chi connectivity index (χ4v) is 1.56. The van der Waals surface area contributed by atoms with E-state index in [0.717, 1.165) is 17.7 Å². The van der Waals surface area contributed by atoms with Crippen molar-refractivity contribution in [1.29, 1.82) is 0 Å². The van der Waals surface area contributed by atoms with Crippen molar-refractivity contribution in [3.8, 4) is 22.6 Å². The minimum Gasteiger partial charge on any atom is -0.507 e. The first-order valence-corrected chi connectivity index (χ1v) is 5.14. The largest absolute Gasteiger partial charge is 0.507 e. The van der Waals surface area contributed by atoms with Crippen LogP contribution in [0.3, 0.4) is 0 Å². The second-order valence-electron chi connectivity index (χ2n) is 3.47. The van der Waals surface area contributed by atoms with Crippen LogP contribution in [0.25, 0.3) is 11.1 Å². The van der Waals surface area contributed by atoms with Gasteiger partial charge in [-0.1, -0.05) is 0 Å². The number of phenolic OH excluding ortho intramolecular Hbond substituents is 1. The molecular weight excluding hydrogens is 204 g/mol. The molecule has 0 aliphatic carbocycles. The lowest BCUT2D eigenvalue weighted by atomic mass is 10.1. The van der Waals surface area contributed by atoms with Gasteiger partial charge in [0.05, 0.1) is 13.3 Å². The Kier molecular flexibility index (Phi) is 2.81. The molecule has 16 heavy (non-hydrogen) atoms. The molecule has 2 rings (SSSR count). The first-order valence-electron chi connectivity index (χ1n) is 5.14. The molecule has 0 atom stereocenters. The molecular formula is C12H14N2O2. The average molecular weight is 218 g/mol. The van der Waals surface area contributed by atoms with E-state index in [9.17, 15) is 5.11 Å². The summed E-state index contributed by atoms with van der Waals surface area (Å²) in [4.78, 5) is 0. The number of hydrogen-bond acceptors (Lipinski definition) is 3. The van der Waals surface area contributed by atoms with E-state index >= 15 is 0 Å². The highest BCUT2D eigenvalue weighted by molar-refractivity contribution is 5.69. The summed E-state index contributed by atoms with van der Waals surface area (Å²) in [6.45, 7) is 2.83. The number of phenols is 1. The van der Waals surface area contributed by atoms with Crippen LogP contribution >= 0.6 is 0 Å². The van der Waals surface area contributed by atoms with Crippen LogP contribution in [0.15, 0.2) is 30.6 Å². The number of aromatic nitrogens is 2. The minimum atomic E-state index is 0.204. The zero-order valence-electron chi connectivity index (χ0n) is 9.34. The number of nitrogens with zero attached hydrogens (tertiary/aromatic N) is 2. The number of methoxy groups -OCH3 is 1. The molecule has 0 fully saturated rings. The average Bonchev–Trinajstić information content (AvgIpc) is 2.77. The lowest BCUT2D eigenvalue weighted by molar-refractivity contribution is 0.408. The normalized spacial score (nSPS) is 10.4. The topological polar surface area (TPSA) is 47.3 Å². The van der Waals surface area contributed by atoms with Crippen molar-refractivity contribution in [2.45, 2.75) is 13.5 Å². The minimum absolute atomic E-state index is 0.204. The van der Waals surface area contributed by atoms with Crippen molar-refractivity contribution in [3.05, 3.63) is 30.6 Å². The zero-order chi connectivity index (χ0) is 11.5. The third kappa shape index (κ3) is 1.86. The summed E-state index contributed by atoms with van der Waals surface area (Å²) in [6.07, 6.45) is 3.65. The lowest BCUT2D eigenvalue weighted by Crippen LogP contribution is -1.92. The van der Waals surface area contributed by atoms with Crippen LogP contribution in [-0.2, 0) is 6.54 Å². The third-order valence-electron chi connectivity index (χ3n) is 2.47. The van der Waals surface area contributed by atoms with Gasteiger partial charge in [0.25, 0.3) is 0 Å². The van der Waals surface area contributed by atoms with Gasteiger partial charge in [-0.05, 0) is 19.1 Å². The highest BCUT2D eigenvalue weighted by Gasteiger charge is 2.07. The van der Waals surface area contributed by atoms with Gasteiger partial charge in [-0.15, -0.1) is 0 Å². The fraction of sp³-hybridized carbons (Fsp3) is 0.250. The number of hydrogen-bond donors (Lipinski definition) is 1. The molecule has 1 heterocycles. The Labute approximate surface area is 94.1 Å². The molecule has 0 saturated carbocycles. The maximum atomic E-state index is 9.84. The number of ether oxygens (including phenoxy) is 1. The van der Waals surface area contributed by atoms with E-state index in [2.05, 4.69) is 5.10 Å². The van der Waals surface area contributed by atoms with E-state index < -0.39 is 0 Å². The molecule has 0 radical (unpaired) electrons. The summed E-state index contributed by atoms with van der Waals surface area (Å²) >= 11 is 0. The second-order valence-corrected chi connectivity index (χ2v) is 3.47. The van der Waals surface area contributed by atoms with Crippen molar-refractivity contribution >= 4 is 0 Å². The molecule has 0 aliphatic rings. The van der Waals surface area contributed by atoms with Gasteiger partial charge >= 0.3 is 0 Å². The Hall–Kier alpha value is -1.97. The molecule has 1 aromatic heterocycles. The maximum absolute atomic E-state index is 9.84. The van der Waals surface area contributed by atoms with Crippen molar-refractivity contribution < 1.29 is 9.84 Å². The smallest absolute Gasteiger partial charge is 0.127 e. The van der Waals surface area contributed by atoms with E-state index in [4.69, 9.17) is 4.74 Å². The van der Waals surface area contributed by atoms with Gasteiger partial charge in [-0.3, -0.25) is 4.68 Å². The quantitative estimate of drug-likeness (QED) is 0.859. The van der Waals surface area contributed by atoms with Crippen LogP contribution in [0.5, 0.6) is 11.5 Å². The number of benzene rings is 1. The molecule has 0 spiro atoms. The summed E-state index contributed by atoms with van der Waals surface area (Å²) in [5, 5.41) is 14.0. The van der Waals surface area contributed by atoms with Crippen LogP contribution in [0, 0.1) is 0 Å². The van der Waals surface area contributed by atoms with Crippen LogP contribution in [-0.4, -0.2) is 22.0 Å². The van der Waals surface area contributed by atoms with Crippen molar-refractivity contribution in [2.75, 3.05) is 7.11 Å². The lowest BCUT2D eigenvalue weighted by Gasteiger charge is -2.04. The van der Waals surface area contributed by atoms with Crippen molar-refractivity contribution in [2.24, 2.45) is 0 Å². The highest BCUT2D eigenvalue weighted by atomic mass is 16.5. The molecule has 1 aromatic carbocycles. The predicted molar refractivity (Wildman–Crippen MR) is 61.6 cm³/mol. The van der Waals surface area contributed by atoms with Crippen LogP contribution < -0.4 is 4.74 Å². The standard InChI is InChI=1S/C12H14N2O2/c1-3-14-8-9(7-13-14)11-5-4-10(16-2)6-12(11)15/h4-8,15H,3H2,1-2H3. The maximum Gasteiger partial charge on any atom is 0.127 e. The van der Waals surface area contributed by atoms with Crippen LogP contribution in [0.4, 0.5) is 0 Å². The number of rotatable bonds is 3. The third-order valence-corrected chi connectivity index (χ3v) is 2.47. The van der Waals surface area contributed by atoms with E-state index in [0.29, 0.717) is 5.75 Å². The van der Waals surface area contributed by atoms with Crippen molar-refractivity contribution in [3.63, 3.8) is 0 Å². The van der Waals surface area contributed by atoms with E-state index in [-0.39, 0.29) is 5.75 Å². The SMILES string of the molecule is CCn1cc(-c2ccc(OC)cc2O)cn1. The molecule has 4 heteroatoms. The molecule has 4 nitrogen and oxygen atoms in total. The van der Waals surface area contributed by atoms with E-state index in [1.807, 2.05) is 29.9 Å². The molecule has 0 saturated heterocycles. The predicted octanol–water partition coefficient (Wildman–Crippen LogP) is 2.28. The summed E-state index contributed by atoms with van der Waals surface area (Å²) in [5.74, 6) is 0.846. The molecule has 84 valence electrons. The fourth-order valence-electron chi connectivity index (χ4n) is 1.56. The molecule has 1 N–H and O–H groups in total. The van der Waals surface area contributed by atoms with Gasteiger partial charge in [0.2, 0.25) is 0 Å². The molecule has 0 amide bonds. The summed E-state index contributed by atoms with van der Waals surface area (Å²) in [6, 6.07) is 5.24. The van der Waals surface area contributed by atoms with Crippen LogP contribution in [0.2, 0.25) is 0 Å². The Morgan fingerprint density at radius 3 is 2.81 bits per heavy atom. The highest BCUT2D eigenvalue weighted by Crippen LogP contribution is 2.31. The monoisotopic (exact) mass is 218 g/mol. The molecule has 0 unspecified atom stereocenters. The first-order chi connectivity index (χ1) is 7.74. The number of aromatic hydroxyl groups is 1. The number of aryl methyl sites for hydroxylation is 1. The van der Waals surface area contributed by atoms with Crippen molar-refractivity contribution in [1.82, 2.24) is 9.78 Å². The Bertz CT molecular complexity index is 492. The zero-order valence-corrected chi connectivity index (χ0v) is 9.34. The van der Waals surface area contributed by atoms with Gasteiger partial charge in [0.15, 0.2) is 0 Å². The summed E-state index contributed by atoms with van der Waals surface area (Å²) < 4.78 is 6.85. The second kappa shape index (κ2) is 4.26. The molecule has 0 aliphatic heterocycles.